The van der Waals surface area contributed by atoms with Crippen molar-refractivity contribution >= 4 is 5.91 Å². The number of piperidine rings is 1. The predicted octanol–water partition coefficient (Wildman–Crippen LogP) is 1.92. The van der Waals surface area contributed by atoms with Gasteiger partial charge in [-0.25, -0.2) is 0 Å². The van der Waals surface area contributed by atoms with Gasteiger partial charge in [-0.1, -0.05) is 0 Å². The van der Waals surface area contributed by atoms with Crippen LogP contribution in [0, 0.1) is 0 Å². The molecule has 1 saturated heterocycles. The van der Waals surface area contributed by atoms with E-state index in [9.17, 15) is 4.79 Å². The zero-order valence-electron chi connectivity index (χ0n) is 10.8. The maximum atomic E-state index is 11.8. The highest BCUT2D eigenvalue weighted by Crippen LogP contribution is 2.32. The van der Waals surface area contributed by atoms with Crippen molar-refractivity contribution in [3.8, 4) is 0 Å². The Balaban J connectivity index is 1.98. The van der Waals surface area contributed by atoms with Crippen LogP contribution in [0.25, 0.3) is 0 Å². The number of nitrogens with one attached hydrogen (secondary N) is 1. The van der Waals surface area contributed by atoms with Gasteiger partial charge in [0.25, 0.3) is 0 Å². The summed E-state index contributed by atoms with van der Waals surface area (Å²) in [6.45, 7) is 7.07. The van der Waals surface area contributed by atoms with Gasteiger partial charge < -0.3 is 10.2 Å². The maximum Gasteiger partial charge on any atom is 0.220 e. The van der Waals surface area contributed by atoms with Crippen molar-refractivity contribution in [2.24, 2.45) is 0 Å². The molecule has 3 heteroatoms. The summed E-state index contributed by atoms with van der Waals surface area (Å²) in [7, 11) is 0. The molecule has 1 aliphatic carbocycles. The van der Waals surface area contributed by atoms with E-state index >= 15 is 0 Å². The molecule has 3 nitrogen and oxygen atoms in total. The summed E-state index contributed by atoms with van der Waals surface area (Å²) in [6, 6.07) is 1.14. The molecule has 0 radical (unpaired) electrons. The van der Waals surface area contributed by atoms with Gasteiger partial charge in [0.15, 0.2) is 0 Å². The molecule has 1 saturated carbocycles. The first-order chi connectivity index (χ1) is 7.50. The number of nitrogens with zero attached hydrogens (tertiary/aromatic N) is 1. The molecule has 2 aliphatic rings. The molecule has 0 aromatic rings. The van der Waals surface area contributed by atoms with E-state index in [0.29, 0.717) is 6.04 Å². The van der Waals surface area contributed by atoms with Crippen LogP contribution < -0.4 is 5.32 Å². The first kappa shape index (κ1) is 11.9. The monoisotopic (exact) mass is 224 g/mol. The first-order valence-electron chi connectivity index (χ1n) is 6.54. The lowest BCUT2D eigenvalue weighted by Gasteiger charge is -2.47. The molecule has 0 aromatic carbocycles. The largest absolute Gasteiger partial charge is 0.334 e. The summed E-state index contributed by atoms with van der Waals surface area (Å²) in [5, 5.41) is 3.56. The Kier molecular flexibility index (Phi) is 3.24. The summed E-state index contributed by atoms with van der Waals surface area (Å²) >= 11 is 0. The average Bonchev–Trinajstić information content (AvgIpc) is 2.95. The van der Waals surface area contributed by atoms with Gasteiger partial charge in [0.05, 0.1) is 0 Å². The molecule has 0 aromatic heterocycles. The number of hydrogen-bond donors (Lipinski definition) is 1. The van der Waals surface area contributed by atoms with E-state index in [-0.39, 0.29) is 11.4 Å². The summed E-state index contributed by atoms with van der Waals surface area (Å²) in [4.78, 5) is 13.9. The van der Waals surface area contributed by atoms with E-state index in [4.69, 9.17) is 0 Å². The van der Waals surface area contributed by atoms with Crippen LogP contribution >= 0.6 is 0 Å². The fourth-order valence-electron chi connectivity index (χ4n) is 2.98. The summed E-state index contributed by atoms with van der Waals surface area (Å²) < 4.78 is 0. The van der Waals surface area contributed by atoms with Crippen LogP contribution in [0.3, 0.4) is 0 Å². The van der Waals surface area contributed by atoms with Crippen LogP contribution in [-0.2, 0) is 4.79 Å². The number of hydrogen-bond acceptors (Lipinski definition) is 2. The summed E-state index contributed by atoms with van der Waals surface area (Å²) in [6.07, 6.45) is 6.16. The molecule has 1 aliphatic heterocycles. The molecule has 1 N–H and O–H groups in total. The van der Waals surface area contributed by atoms with Crippen molar-refractivity contribution in [3.05, 3.63) is 0 Å². The lowest BCUT2D eigenvalue weighted by molar-refractivity contribution is -0.140. The SMILES string of the molecule is CC(=O)N1C(CNC2CC2)CCCC1(C)C. The van der Waals surface area contributed by atoms with Crippen LogP contribution in [0.2, 0.25) is 0 Å². The minimum atomic E-state index is 0.0416. The first-order valence-corrected chi connectivity index (χ1v) is 6.54. The van der Waals surface area contributed by atoms with Crippen molar-refractivity contribution in [2.75, 3.05) is 6.54 Å². The van der Waals surface area contributed by atoms with Crippen LogP contribution in [0.5, 0.6) is 0 Å². The fraction of sp³-hybridized carbons (Fsp3) is 0.923. The normalized spacial score (nSPS) is 29.2. The minimum Gasteiger partial charge on any atom is -0.334 e. The van der Waals surface area contributed by atoms with Gasteiger partial charge in [-0.15, -0.1) is 0 Å². The van der Waals surface area contributed by atoms with Crippen molar-refractivity contribution in [2.45, 2.75) is 70.5 Å². The maximum absolute atomic E-state index is 11.8. The Bertz CT molecular complexity index is 271. The summed E-state index contributed by atoms with van der Waals surface area (Å²) in [5.74, 6) is 0.229. The molecular weight excluding hydrogens is 200 g/mol. The standard InChI is InChI=1S/C13H24N2O/c1-10(16)15-12(9-14-11-6-7-11)5-4-8-13(15,2)3/h11-12,14H,4-9H2,1-3H3. The Hall–Kier alpha value is -0.570. The van der Waals surface area contributed by atoms with Crippen LogP contribution in [0.1, 0.15) is 52.9 Å². The fourth-order valence-corrected chi connectivity index (χ4v) is 2.98. The zero-order valence-corrected chi connectivity index (χ0v) is 10.8. The summed E-state index contributed by atoms with van der Waals surface area (Å²) in [5.41, 5.74) is 0.0416. The molecule has 1 unspecified atom stereocenters. The Morgan fingerprint density at radius 1 is 1.38 bits per heavy atom. The third-order valence-corrected chi connectivity index (χ3v) is 3.90. The lowest BCUT2D eigenvalue weighted by atomic mass is 9.86. The minimum absolute atomic E-state index is 0.0416. The third kappa shape index (κ3) is 2.57. The second-order valence-electron chi connectivity index (χ2n) is 5.93. The van der Waals surface area contributed by atoms with Gasteiger partial charge >= 0.3 is 0 Å². The van der Waals surface area contributed by atoms with Crippen molar-refractivity contribution < 1.29 is 4.79 Å². The van der Waals surface area contributed by atoms with Crippen LogP contribution in [0.4, 0.5) is 0 Å². The highest BCUT2D eigenvalue weighted by Gasteiger charge is 2.38. The molecule has 1 heterocycles. The van der Waals surface area contributed by atoms with Gasteiger partial charge in [-0.3, -0.25) is 4.79 Å². The molecule has 0 bridgehead atoms. The zero-order chi connectivity index (χ0) is 11.8. The Labute approximate surface area is 98.6 Å². The number of carbonyl (C=O) groups excluding carboxylic acids is 1. The number of amides is 1. The van der Waals surface area contributed by atoms with E-state index in [0.717, 1.165) is 25.4 Å². The van der Waals surface area contributed by atoms with E-state index < -0.39 is 0 Å². The molecule has 92 valence electrons. The number of carbonyl (C=O) groups is 1. The van der Waals surface area contributed by atoms with Crippen molar-refractivity contribution in [1.29, 1.82) is 0 Å². The predicted molar refractivity (Wildman–Crippen MR) is 65.3 cm³/mol. The topological polar surface area (TPSA) is 32.3 Å². The molecule has 2 rings (SSSR count). The molecule has 0 spiro atoms. The van der Waals surface area contributed by atoms with Crippen molar-refractivity contribution in [3.63, 3.8) is 0 Å². The molecule has 2 fully saturated rings. The van der Waals surface area contributed by atoms with E-state index in [1.165, 1.54) is 19.3 Å². The highest BCUT2D eigenvalue weighted by molar-refractivity contribution is 5.74. The van der Waals surface area contributed by atoms with E-state index in [1.807, 2.05) is 0 Å². The Morgan fingerprint density at radius 2 is 2.06 bits per heavy atom. The van der Waals surface area contributed by atoms with Crippen LogP contribution in [0.15, 0.2) is 0 Å². The third-order valence-electron chi connectivity index (χ3n) is 3.90. The quantitative estimate of drug-likeness (QED) is 0.794. The second-order valence-corrected chi connectivity index (χ2v) is 5.93. The van der Waals surface area contributed by atoms with Gasteiger partial charge in [-0.2, -0.15) is 0 Å². The smallest absolute Gasteiger partial charge is 0.220 e. The van der Waals surface area contributed by atoms with E-state index in [1.54, 1.807) is 6.92 Å². The molecule has 1 amide bonds. The molecule has 1 atom stereocenters. The Morgan fingerprint density at radius 3 is 2.62 bits per heavy atom. The highest BCUT2D eigenvalue weighted by atomic mass is 16.2. The average molecular weight is 224 g/mol. The number of rotatable bonds is 3. The van der Waals surface area contributed by atoms with Gasteiger partial charge in [0, 0.05) is 31.1 Å². The van der Waals surface area contributed by atoms with Crippen LogP contribution in [-0.4, -0.2) is 35.0 Å². The van der Waals surface area contributed by atoms with Crippen molar-refractivity contribution in [1.82, 2.24) is 10.2 Å². The molecule has 16 heavy (non-hydrogen) atoms. The lowest BCUT2D eigenvalue weighted by Crippen LogP contribution is -2.58. The number of likely N-dealkylation sites (tertiary alicyclic amines) is 1. The molecular formula is C13H24N2O. The van der Waals surface area contributed by atoms with Gasteiger partial charge in [0.1, 0.15) is 0 Å². The van der Waals surface area contributed by atoms with E-state index in [2.05, 4.69) is 24.1 Å². The van der Waals surface area contributed by atoms with Gasteiger partial charge in [-0.05, 0) is 46.0 Å². The van der Waals surface area contributed by atoms with Gasteiger partial charge in [0.2, 0.25) is 5.91 Å². The second kappa shape index (κ2) is 4.36.